The molecule has 4 nitrogen and oxygen atoms in total. The molecule has 0 amide bonds. The number of hydrogen-bond donors (Lipinski definition) is 0. The highest BCUT2D eigenvalue weighted by molar-refractivity contribution is 7.25. The van der Waals surface area contributed by atoms with Gasteiger partial charge in [0.1, 0.15) is 0 Å². The maximum Gasteiger partial charge on any atom is 0.238 e. The zero-order valence-electron chi connectivity index (χ0n) is 22.4. The van der Waals surface area contributed by atoms with Gasteiger partial charge in [-0.3, -0.25) is 4.90 Å². The van der Waals surface area contributed by atoms with Crippen LogP contribution in [0.1, 0.15) is 0 Å². The van der Waals surface area contributed by atoms with Gasteiger partial charge in [-0.1, -0.05) is 97.1 Å². The average Bonchev–Trinajstić information content (AvgIpc) is 3.43. The van der Waals surface area contributed by atoms with Gasteiger partial charge in [-0.2, -0.15) is 9.97 Å². The highest BCUT2D eigenvalue weighted by atomic mass is 32.1. The van der Waals surface area contributed by atoms with Crippen LogP contribution in [0.5, 0.6) is 0 Å². The SMILES string of the molecule is c1ccc(-c2nc(-c3ccc4sc5ccccc5c4c3)nc(N3c4ccccc4-c4cccc5cccc3c45)n2)cc1. The topological polar surface area (TPSA) is 41.9 Å². The predicted molar refractivity (Wildman–Crippen MR) is 175 cm³/mol. The average molecular weight is 555 g/mol. The maximum atomic E-state index is 5.19. The molecule has 0 saturated carbocycles. The smallest absolute Gasteiger partial charge is 0.238 e. The highest BCUT2D eigenvalue weighted by Crippen LogP contribution is 2.50. The number of aromatic nitrogens is 3. The minimum Gasteiger partial charge on any atom is -0.278 e. The van der Waals surface area contributed by atoms with Gasteiger partial charge in [0.2, 0.25) is 5.95 Å². The second-order valence-electron chi connectivity index (χ2n) is 10.5. The van der Waals surface area contributed by atoms with Gasteiger partial charge in [-0.15, -0.1) is 11.3 Å². The van der Waals surface area contributed by atoms with E-state index in [9.17, 15) is 0 Å². The third kappa shape index (κ3) is 3.51. The Morgan fingerprint density at radius 1 is 0.476 bits per heavy atom. The van der Waals surface area contributed by atoms with Crippen LogP contribution in [0.2, 0.25) is 0 Å². The third-order valence-corrected chi connectivity index (χ3v) is 9.20. The van der Waals surface area contributed by atoms with Crippen LogP contribution >= 0.6 is 11.3 Å². The number of thiophene rings is 1. The van der Waals surface area contributed by atoms with E-state index in [4.69, 9.17) is 15.0 Å². The Bertz CT molecular complexity index is 2320. The minimum atomic E-state index is 0.601. The molecular formula is C37H22N4S. The van der Waals surface area contributed by atoms with Gasteiger partial charge in [0.25, 0.3) is 0 Å². The van der Waals surface area contributed by atoms with Crippen molar-refractivity contribution in [3.05, 3.63) is 133 Å². The first-order valence-corrected chi connectivity index (χ1v) is 14.8. The zero-order valence-corrected chi connectivity index (χ0v) is 23.2. The number of para-hydroxylation sites is 1. The van der Waals surface area contributed by atoms with Crippen LogP contribution in [-0.4, -0.2) is 15.0 Å². The predicted octanol–water partition coefficient (Wildman–Crippen LogP) is 10.2. The highest BCUT2D eigenvalue weighted by Gasteiger charge is 2.28. The first-order chi connectivity index (χ1) is 20.8. The summed E-state index contributed by atoms with van der Waals surface area (Å²) in [5, 5.41) is 4.87. The Hall–Kier alpha value is -5.39. The molecule has 6 aromatic carbocycles. The molecule has 0 atom stereocenters. The molecule has 0 N–H and O–H groups in total. The van der Waals surface area contributed by atoms with Crippen molar-refractivity contribution >= 4 is 59.6 Å². The molecule has 0 radical (unpaired) electrons. The Morgan fingerprint density at radius 3 is 2.07 bits per heavy atom. The summed E-state index contributed by atoms with van der Waals surface area (Å²) >= 11 is 1.81. The maximum absolute atomic E-state index is 5.19. The molecule has 3 heterocycles. The van der Waals surface area contributed by atoms with E-state index in [-0.39, 0.29) is 0 Å². The van der Waals surface area contributed by atoms with Crippen molar-refractivity contribution in [1.29, 1.82) is 0 Å². The van der Waals surface area contributed by atoms with E-state index >= 15 is 0 Å². The molecule has 1 aliphatic rings. The van der Waals surface area contributed by atoms with E-state index in [0.717, 1.165) is 28.1 Å². The molecule has 0 saturated heterocycles. The molecule has 0 spiro atoms. The number of anilines is 3. The van der Waals surface area contributed by atoms with Crippen molar-refractivity contribution in [2.45, 2.75) is 0 Å². The Labute approximate surface area is 246 Å². The molecule has 1 aliphatic heterocycles. The monoisotopic (exact) mass is 554 g/mol. The van der Waals surface area contributed by atoms with Crippen molar-refractivity contribution in [2.75, 3.05) is 4.90 Å². The number of hydrogen-bond acceptors (Lipinski definition) is 5. The van der Waals surface area contributed by atoms with E-state index in [1.54, 1.807) is 0 Å². The van der Waals surface area contributed by atoms with Gasteiger partial charge in [0, 0.05) is 42.2 Å². The van der Waals surface area contributed by atoms with Crippen LogP contribution in [0.25, 0.3) is 64.8 Å². The Kier molecular flexibility index (Phi) is 5.03. The van der Waals surface area contributed by atoms with E-state index in [1.807, 2.05) is 29.5 Å². The first kappa shape index (κ1) is 23.3. The zero-order chi connectivity index (χ0) is 27.6. The van der Waals surface area contributed by atoms with Crippen LogP contribution in [0.4, 0.5) is 17.3 Å². The lowest BCUT2D eigenvalue weighted by molar-refractivity contribution is 1.02. The molecule has 42 heavy (non-hydrogen) atoms. The minimum absolute atomic E-state index is 0.601. The lowest BCUT2D eigenvalue weighted by Crippen LogP contribution is -2.18. The molecule has 0 fully saturated rings. The number of rotatable bonds is 3. The summed E-state index contributed by atoms with van der Waals surface area (Å²) in [6, 6.07) is 46.7. The van der Waals surface area contributed by atoms with Gasteiger partial charge in [-0.25, -0.2) is 4.98 Å². The second kappa shape index (κ2) is 9.06. The molecule has 196 valence electrons. The quantitative estimate of drug-likeness (QED) is 0.218. The summed E-state index contributed by atoms with van der Waals surface area (Å²) in [7, 11) is 0. The molecular weight excluding hydrogens is 533 g/mol. The van der Waals surface area contributed by atoms with E-state index in [1.165, 1.54) is 36.5 Å². The molecule has 2 aromatic heterocycles. The first-order valence-electron chi connectivity index (χ1n) is 14.0. The molecule has 9 rings (SSSR count). The number of nitrogens with zero attached hydrogens (tertiary/aromatic N) is 4. The van der Waals surface area contributed by atoms with Crippen LogP contribution in [0, 0.1) is 0 Å². The summed E-state index contributed by atoms with van der Waals surface area (Å²) in [5.41, 5.74) is 6.43. The van der Waals surface area contributed by atoms with E-state index < -0.39 is 0 Å². The molecule has 5 heteroatoms. The summed E-state index contributed by atoms with van der Waals surface area (Å²) < 4.78 is 2.54. The Morgan fingerprint density at radius 2 is 1.17 bits per heavy atom. The van der Waals surface area contributed by atoms with Crippen molar-refractivity contribution in [3.8, 4) is 33.9 Å². The fourth-order valence-electron chi connectivity index (χ4n) is 6.15. The van der Waals surface area contributed by atoms with Crippen molar-refractivity contribution < 1.29 is 0 Å². The number of benzene rings is 6. The molecule has 8 aromatic rings. The fraction of sp³-hybridized carbons (Fsp3) is 0. The number of fused-ring (bicyclic) bond motifs is 5. The molecule has 0 unspecified atom stereocenters. The van der Waals surface area contributed by atoms with Crippen molar-refractivity contribution in [1.82, 2.24) is 15.0 Å². The van der Waals surface area contributed by atoms with Crippen LogP contribution in [0.15, 0.2) is 133 Å². The van der Waals surface area contributed by atoms with Crippen molar-refractivity contribution in [3.63, 3.8) is 0 Å². The Balaban J connectivity index is 1.32. The van der Waals surface area contributed by atoms with Gasteiger partial charge >= 0.3 is 0 Å². The van der Waals surface area contributed by atoms with Crippen LogP contribution < -0.4 is 4.90 Å². The van der Waals surface area contributed by atoms with Crippen molar-refractivity contribution in [2.24, 2.45) is 0 Å². The molecule has 0 aliphatic carbocycles. The van der Waals surface area contributed by atoms with E-state index in [2.05, 4.69) is 120 Å². The van der Waals surface area contributed by atoms with Crippen LogP contribution in [0.3, 0.4) is 0 Å². The lowest BCUT2D eigenvalue weighted by Gasteiger charge is -2.32. The fourth-order valence-corrected chi connectivity index (χ4v) is 7.24. The van der Waals surface area contributed by atoms with E-state index in [0.29, 0.717) is 17.6 Å². The van der Waals surface area contributed by atoms with Gasteiger partial charge < -0.3 is 0 Å². The normalized spacial score (nSPS) is 12.2. The lowest BCUT2D eigenvalue weighted by atomic mass is 9.91. The third-order valence-electron chi connectivity index (χ3n) is 8.05. The summed E-state index contributed by atoms with van der Waals surface area (Å²) in [4.78, 5) is 17.5. The summed E-state index contributed by atoms with van der Waals surface area (Å²) in [6.45, 7) is 0. The van der Waals surface area contributed by atoms with Gasteiger partial charge in [0.05, 0.1) is 11.4 Å². The molecule has 0 bridgehead atoms. The standard InChI is InChI=1S/C37H22N4S/c1-2-10-24(11-3-1)35-38-36(25-20-21-33-29(22-25)27-15-5-7-19-32(27)42-33)40-37(39-35)41-30-17-6-4-14-26(30)28-16-8-12-23-13-9-18-31(41)34(23)28/h1-22H. The largest absolute Gasteiger partial charge is 0.278 e. The van der Waals surface area contributed by atoms with Gasteiger partial charge in [-0.05, 0) is 47.3 Å². The second-order valence-corrected chi connectivity index (χ2v) is 11.6. The summed E-state index contributed by atoms with van der Waals surface area (Å²) in [5.74, 6) is 1.90. The van der Waals surface area contributed by atoms with Gasteiger partial charge in [0.15, 0.2) is 11.6 Å². The van der Waals surface area contributed by atoms with Crippen LogP contribution in [-0.2, 0) is 0 Å². The summed E-state index contributed by atoms with van der Waals surface area (Å²) in [6.07, 6.45) is 0.